The van der Waals surface area contributed by atoms with Crippen molar-refractivity contribution < 1.29 is 37.4 Å². The second-order valence-electron chi connectivity index (χ2n) is 9.31. The Labute approximate surface area is 226 Å². The van der Waals surface area contributed by atoms with Crippen molar-refractivity contribution >= 4 is 55.1 Å². The summed E-state index contributed by atoms with van der Waals surface area (Å²) in [6, 6.07) is -3.04. The highest BCUT2D eigenvalue weighted by Gasteiger charge is 2.33. The standard InChI is InChI=1S/C23H37N3O8S3/c1-4-37(32,33)10-8-16-22(30)25-17-13-36-35-9-6-5-7-15(11-19(28)24-16)34-20(29)12-18(27)21(14(2)3)26-23(17)31/h5,7,14-18,21,27H,4,6,8-13H2,1-3H3,(H,24,28)(H,25,30)(H,26,31)/b7-5+/t15-,16-,17-,18+,21-/m1/s1. The third kappa shape index (κ3) is 10.9. The van der Waals surface area contributed by atoms with E-state index in [2.05, 4.69) is 16.0 Å². The van der Waals surface area contributed by atoms with Gasteiger partial charge in [0.2, 0.25) is 17.7 Å². The lowest BCUT2D eigenvalue weighted by atomic mass is 9.96. The number of amides is 3. The number of hydrogen-bond donors (Lipinski definition) is 4. The second-order valence-corrected chi connectivity index (χ2v) is 14.4. The Morgan fingerprint density at radius 2 is 1.81 bits per heavy atom. The van der Waals surface area contributed by atoms with Crippen molar-refractivity contribution in [3.05, 3.63) is 12.2 Å². The summed E-state index contributed by atoms with van der Waals surface area (Å²) in [5.41, 5.74) is 0. The topological polar surface area (TPSA) is 168 Å². The van der Waals surface area contributed by atoms with E-state index in [1.54, 1.807) is 26.0 Å². The van der Waals surface area contributed by atoms with Gasteiger partial charge in [-0.3, -0.25) is 19.2 Å². The molecule has 11 nitrogen and oxygen atoms in total. The first-order chi connectivity index (χ1) is 17.4. The number of carbonyl (C=O) groups excluding carboxylic acids is 4. The van der Waals surface area contributed by atoms with Crippen molar-refractivity contribution in [1.82, 2.24) is 16.0 Å². The molecule has 0 radical (unpaired) electrons. The predicted octanol–water partition coefficient (Wildman–Crippen LogP) is 0.329. The van der Waals surface area contributed by atoms with Gasteiger partial charge in [0.05, 0.1) is 30.7 Å². The summed E-state index contributed by atoms with van der Waals surface area (Å²) < 4.78 is 29.6. The van der Waals surface area contributed by atoms with Gasteiger partial charge in [-0.05, 0) is 24.8 Å². The largest absolute Gasteiger partial charge is 0.457 e. The number of fused-ring (bicyclic) bond motifs is 7. The number of nitrogens with one attached hydrogen (secondary N) is 3. The molecule has 0 aromatic rings. The Morgan fingerprint density at radius 1 is 1.08 bits per heavy atom. The van der Waals surface area contributed by atoms with Crippen molar-refractivity contribution in [3.63, 3.8) is 0 Å². The second kappa shape index (κ2) is 15.0. The molecule has 14 heteroatoms. The van der Waals surface area contributed by atoms with E-state index in [-0.39, 0.29) is 36.0 Å². The van der Waals surface area contributed by atoms with Crippen LogP contribution in [0.5, 0.6) is 0 Å². The first-order valence-corrected chi connectivity index (χ1v) is 16.6. The number of aliphatic hydroxyl groups is 1. The van der Waals surface area contributed by atoms with Crippen LogP contribution in [0.2, 0.25) is 0 Å². The maximum Gasteiger partial charge on any atom is 0.309 e. The van der Waals surface area contributed by atoms with Gasteiger partial charge in [-0.2, -0.15) is 0 Å². The van der Waals surface area contributed by atoms with Gasteiger partial charge in [0.25, 0.3) is 0 Å². The minimum absolute atomic E-state index is 0.115. The maximum absolute atomic E-state index is 13.2. The van der Waals surface area contributed by atoms with E-state index in [4.69, 9.17) is 4.74 Å². The van der Waals surface area contributed by atoms with Gasteiger partial charge in [0, 0.05) is 17.3 Å². The molecule has 2 heterocycles. The number of rotatable bonds is 5. The van der Waals surface area contributed by atoms with Crippen molar-refractivity contribution in [2.24, 2.45) is 5.92 Å². The van der Waals surface area contributed by atoms with E-state index < -0.39 is 70.3 Å². The number of sulfone groups is 1. The van der Waals surface area contributed by atoms with Crippen LogP contribution in [0.1, 0.15) is 46.5 Å². The fraction of sp³-hybridized carbons (Fsp3) is 0.739. The Morgan fingerprint density at radius 3 is 2.49 bits per heavy atom. The summed E-state index contributed by atoms with van der Waals surface area (Å²) in [5, 5.41) is 18.7. The molecule has 5 atom stereocenters. The average Bonchev–Trinajstić information content (AvgIpc) is 2.82. The summed E-state index contributed by atoms with van der Waals surface area (Å²) in [5.74, 6) is -2.42. The van der Waals surface area contributed by atoms with Crippen molar-refractivity contribution in [2.45, 2.75) is 76.8 Å². The van der Waals surface area contributed by atoms with Crippen LogP contribution in [0.15, 0.2) is 12.2 Å². The third-order valence-electron chi connectivity index (χ3n) is 5.97. The van der Waals surface area contributed by atoms with Crippen LogP contribution in [0.3, 0.4) is 0 Å². The Bertz CT molecular complexity index is 957. The number of hydrogen-bond acceptors (Lipinski definition) is 10. The molecule has 210 valence electrons. The SMILES string of the molecule is CCS(=O)(=O)CC[C@H]1NC(=O)C[C@H]2/C=C/CCSSC[C@@H](NC1=O)C(=O)N[C@H](C(C)C)[C@@H](O)CC(=O)O2. The van der Waals surface area contributed by atoms with Crippen LogP contribution in [-0.4, -0.2) is 90.6 Å². The number of ether oxygens (including phenoxy) is 1. The number of carbonyl (C=O) groups is 4. The highest BCUT2D eigenvalue weighted by molar-refractivity contribution is 8.76. The molecule has 2 aliphatic heterocycles. The molecule has 0 unspecified atom stereocenters. The molecule has 2 bridgehead atoms. The average molecular weight is 580 g/mol. The minimum Gasteiger partial charge on any atom is -0.457 e. The van der Waals surface area contributed by atoms with Crippen molar-refractivity contribution in [1.29, 1.82) is 0 Å². The molecule has 0 aliphatic carbocycles. The zero-order chi connectivity index (χ0) is 27.6. The van der Waals surface area contributed by atoms with Gasteiger partial charge in [-0.25, -0.2) is 8.42 Å². The van der Waals surface area contributed by atoms with Crippen LogP contribution < -0.4 is 16.0 Å². The van der Waals surface area contributed by atoms with Gasteiger partial charge in [0.15, 0.2) is 0 Å². The zero-order valence-electron chi connectivity index (χ0n) is 21.3. The Kier molecular flexibility index (Phi) is 12.7. The number of aliphatic hydroxyl groups excluding tert-OH is 1. The molecule has 0 saturated carbocycles. The fourth-order valence-electron chi connectivity index (χ4n) is 3.78. The van der Waals surface area contributed by atoms with Gasteiger partial charge in [-0.15, -0.1) is 0 Å². The van der Waals surface area contributed by atoms with Crippen LogP contribution in [0.4, 0.5) is 0 Å². The maximum atomic E-state index is 13.2. The first kappa shape index (κ1) is 31.4. The minimum atomic E-state index is -3.43. The van der Waals surface area contributed by atoms with Crippen molar-refractivity contribution in [2.75, 3.05) is 23.0 Å². The zero-order valence-corrected chi connectivity index (χ0v) is 23.8. The summed E-state index contributed by atoms with van der Waals surface area (Å²) in [4.78, 5) is 51.9. The normalized spacial score (nSPS) is 30.1. The van der Waals surface area contributed by atoms with E-state index in [1.165, 1.54) is 28.5 Å². The lowest BCUT2D eigenvalue weighted by Gasteiger charge is -2.29. The Hall–Kier alpha value is -1.77. The fourth-order valence-corrected chi connectivity index (χ4v) is 6.82. The van der Waals surface area contributed by atoms with Crippen LogP contribution in [0.25, 0.3) is 0 Å². The van der Waals surface area contributed by atoms with Crippen LogP contribution in [-0.2, 0) is 33.8 Å². The Balaban J connectivity index is 2.47. The summed E-state index contributed by atoms with van der Waals surface area (Å²) in [6.45, 7) is 5.05. The predicted molar refractivity (Wildman–Crippen MR) is 143 cm³/mol. The van der Waals surface area contributed by atoms with Gasteiger partial charge in [-0.1, -0.05) is 48.4 Å². The van der Waals surface area contributed by atoms with E-state index in [1.807, 2.05) is 0 Å². The molecular formula is C23H37N3O8S3. The molecular weight excluding hydrogens is 542 g/mol. The monoisotopic (exact) mass is 579 g/mol. The molecule has 2 aliphatic rings. The molecule has 2 rings (SSSR count). The van der Waals surface area contributed by atoms with Gasteiger partial charge in [0.1, 0.15) is 28.0 Å². The lowest BCUT2D eigenvalue weighted by molar-refractivity contribution is -0.151. The molecule has 0 spiro atoms. The van der Waals surface area contributed by atoms with Crippen molar-refractivity contribution in [3.8, 4) is 0 Å². The van der Waals surface area contributed by atoms with E-state index in [9.17, 15) is 32.7 Å². The van der Waals surface area contributed by atoms with Crippen LogP contribution >= 0.6 is 21.6 Å². The highest BCUT2D eigenvalue weighted by Crippen LogP contribution is 2.24. The van der Waals surface area contributed by atoms with Gasteiger partial charge >= 0.3 is 5.97 Å². The van der Waals surface area contributed by atoms with E-state index in [0.29, 0.717) is 12.2 Å². The van der Waals surface area contributed by atoms with Gasteiger partial charge < -0.3 is 25.8 Å². The molecule has 4 N–H and O–H groups in total. The molecule has 0 aromatic heterocycles. The quantitative estimate of drug-likeness (QED) is 0.202. The summed E-state index contributed by atoms with van der Waals surface area (Å²) in [6.07, 6.45) is 0.934. The number of allylic oxidation sites excluding steroid dienone is 1. The highest BCUT2D eigenvalue weighted by atomic mass is 33.1. The summed E-state index contributed by atoms with van der Waals surface area (Å²) in [7, 11) is -0.549. The summed E-state index contributed by atoms with van der Waals surface area (Å²) >= 11 is 0. The van der Waals surface area contributed by atoms with E-state index >= 15 is 0 Å². The first-order valence-electron chi connectivity index (χ1n) is 12.3. The molecule has 37 heavy (non-hydrogen) atoms. The lowest BCUT2D eigenvalue weighted by Crippen LogP contribution is -2.58. The molecule has 1 fully saturated rings. The molecule has 0 aromatic carbocycles. The van der Waals surface area contributed by atoms with E-state index in [0.717, 1.165) is 0 Å². The smallest absolute Gasteiger partial charge is 0.309 e. The third-order valence-corrected chi connectivity index (χ3v) is 10.1. The number of esters is 1. The molecule has 1 saturated heterocycles. The van der Waals surface area contributed by atoms with Crippen LogP contribution in [0, 0.1) is 5.92 Å². The molecule has 3 amide bonds.